The zero-order valence-corrected chi connectivity index (χ0v) is 13.6. The van der Waals surface area contributed by atoms with Gasteiger partial charge in [0.1, 0.15) is 0 Å². The highest BCUT2D eigenvalue weighted by molar-refractivity contribution is 9.10. The number of rotatable bonds is 4. The van der Waals surface area contributed by atoms with Gasteiger partial charge in [0.25, 0.3) is 0 Å². The fraction of sp³-hybridized carbons (Fsp3) is 0.214. The first kappa shape index (κ1) is 15.0. The predicted molar refractivity (Wildman–Crippen MR) is 84.7 cm³/mol. The quantitative estimate of drug-likeness (QED) is 0.299. The molecular weight excluding hydrogens is 338 g/mol. The summed E-state index contributed by atoms with van der Waals surface area (Å²) in [6.45, 7) is 3.88. The number of benzene rings is 1. The molecule has 0 bridgehead atoms. The van der Waals surface area contributed by atoms with Gasteiger partial charge in [0.15, 0.2) is 5.16 Å². The van der Waals surface area contributed by atoms with E-state index in [4.69, 9.17) is 5.21 Å². The summed E-state index contributed by atoms with van der Waals surface area (Å²) in [5, 5.41) is 13.2. The molecule has 1 aromatic carbocycles. The summed E-state index contributed by atoms with van der Waals surface area (Å²) in [4.78, 5) is 8.71. The van der Waals surface area contributed by atoms with Crippen LogP contribution in [0.4, 0.5) is 0 Å². The van der Waals surface area contributed by atoms with Gasteiger partial charge in [-0.2, -0.15) is 0 Å². The molecule has 0 aliphatic carbocycles. The van der Waals surface area contributed by atoms with E-state index in [1.165, 1.54) is 11.8 Å². The Morgan fingerprint density at radius 3 is 2.35 bits per heavy atom. The topological polar surface area (TPSA) is 58.4 Å². The molecular formula is C14H14BrN3OS. The van der Waals surface area contributed by atoms with E-state index < -0.39 is 0 Å². The van der Waals surface area contributed by atoms with E-state index in [0.29, 0.717) is 16.6 Å². The normalized spacial score (nSPS) is 11.7. The van der Waals surface area contributed by atoms with Gasteiger partial charge in [-0.05, 0) is 32.0 Å². The monoisotopic (exact) mass is 351 g/mol. The minimum atomic E-state index is 0.515. The summed E-state index contributed by atoms with van der Waals surface area (Å²) in [6.07, 6.45) is 0. The summed E-state index contributed by atoms with van der Waals surface area (Å²) in [5.74, 6) is 0.515. The van der Waals surface area contributed by atoms with E-state index in [1.54, 1.807) is 0 Å². The van der Waals surface area contributed by atoms with Gasteiger partial charge in [-0.1, -0.05) is 45.0 Å². The van der Waals surface area contributed by atoms with E-state index in [0.717, 1.165) is 21.4 Å². The molecule has 1 aromatic heterocycles. The number of aryl methyl sites for hydroxylation is 2. The van der Waals surface area contributed by atoms with Gasteiger partial charge in [0, 0.05) is 27.2 Å². The van der Waals surface area contributed by atoms with Crippen LogP contribution in [0.5, 0.6) is 0 Å². The lowest BCUT2D eigenvalue weighted by Crippen LogP contribution is -2.05. The molecule has 20 heavy (non-hydrogen) atoms. The molecule has 0 radical (unpaired) electrons. The predicted octanol–water partition coefficient (Wildman–Crippen LogP) is 3.83. The Balaban J connectivity index is 2.10. The summed E-state index contributed by atoms with van der Waals surface area (Å²) in [7, 11) is 0. The van der Waals surface area contributed by atoms with Crippen LogP contribution in [0.15, 0.2) is 45.1 Å². The smallest absolute Gasteiger partial charge is 0.188 e. The van der Waals surface area contributed by atoms with Crippen molar-refractivity contribution in [3.05, 3.63) is 51.8 Å². The fourth-order valence-electron chi connectivity index (χ4n) is 1.70. The molecule has 0 spiro atoms. The minimum absolute atomic E-state index is 0.515. The number of hydrogen-bond donors (Lipinski definition) is 1. The van der Waals surface area contributed by atoms with Gasteiger partial charge in [-0.3, -0.25) is 0 Å². The number of halogens is 1. The lowest BCUT2D eigenvalue weighted by molar-refractivity contribution is 0.319. The van der Waals surface area contributed by atoms with Crippen LogP contribution >= 0.6 is 27.7 Å². The van der Waals surface area contributed by atoms with Crippen molar-refractivity contribution in [2.45, 2.75) is 19.0 Å². The molecule has 0 saturated carbocycles. The Morgan fingerprint density at radius 1 is 1.20 bits per heavy atom. The average molecular weight is 352 g/mol. The van der Waals surface area contributed by atoms with Crippen LogP contribution < -0.4 is 0 Å². The molecule has 1 N–H and O–H groups in total. The van der Waals surface area contributed by atoms with Gasteiger partial charge in [0.05, 0.1) is 5.71 Å². The Bertz CT molecular complexity index is 609. The molecule has 2 aromatic rings. The third-order valence-electron chi connectivity index (χ3n) is 2.60. The lowest BCUT2D eigenvalue weighted by atomic mass is 10.1. The summed E-state index contributed by atoms with van der Waals surface area (Å²) in [5.41, 5.74) is 3.36. The highest BCUT2D eigenvalue weighted by Gasteiger charge is 2.08. The van der Waals surface area contributed by atoms with E-state index in [9.17, 15) is 0 Å². The van der Waals surface area contributed by atoms with Crippen molar-refractivity contribution >= 4 is 33.4 Å². The Morgan fingerprint density at radius 2 is 1.80 bits per heavy atom. The van der Waals surface area contributed by atoms with Crippen LogP contribution in [0.3, 0.4) is 0 Å². The molecule has 0 fully saturated rings. The number of hydrogen-bond acceptors (Lipinski definition) is 5. The summed E-state index contributed by atoms with van der Waals surface area (Å²) >= 11 is 4.84. The molecule has 104 valence electrons. The zero-order chi connectivity index (χ0) is 14.5. The minimum Gasteiger partial charge on any atom is -0.411 e. The van der Waals surface area contributed by atoms with Gasteiger partial charge >= 0.3 is 0 Å². The third kappa shape index (κ3) is 4.05. The van der Waals surface area contributed by atoms with E-state index in [1.807, 2.05) is 44.2 Å². The van der Waals surface area contributed by atoms with Crippen LogP contribution in [-0.4, -0.2) is 26.6 Å². The second-order valence-corrected chi connectivity index (χ2v) is 6.13. The highest BCUT2D eigenvalue weighted by atomic mass is 79.9. The molecule has 2 rings (SSSR count). The zero-order valence-electron chi connectivity index (χ0n) is 11.2. The lowest BCUT2D eigenvalue weighted by Gasteiger charge is -2.05. The van der Waals surface area contributed by atoms with Crippen molar-refractivity contribution in [2.75, 3.05) is 5.75 Å². The van der Waals surface area contributed by atoms with Crippen molar-refractivity contribution in [3.63, 3.8) is 0 Å². The average Bonchev–Trinajstić information content (AvgIpc) is 2.40. The molecule has 0 unspecified atom stereocenters. The van der Waals surface area contributed by atoms with Crippen molar-refractivity contribution in [1.82, 2.24) is 9.97 Å². The second-order valence-electron chi connectivity index (χ2n) is 4.28. The molecule has 0 amide bonds. The maximum absolute atomic E-state index is 9.16. The fourth-order valence-corrected chi connectivity index (χ4v) is 2.87. The van der Waals surface area contributed by atoms with Crippen LogP contribution in [0, 0.1) is 13.8 Å². The Labute approximate surface area is 130 Å². The van der Waals surface area contributed by atoms with Gasteiger partial charge in [0.2, 0.25) is 0 Å². The second kappa shape index (κ2) is 6.85. The largest absolute Gasteiger partial charge is 0.411 e. The van der Waals surface area contributed by atoms with E-state index in [2.05, 4.69) is 31.1 Å². The Hall–Kier alpha value is -1.40. The first-order chi connectivity index (χ1) is 9.58. The number of aromatic nitrogens is 2. The summed E-state index contributed by atoms with van der Waals surface area (Å²) < 4.78 is 0.990. The standard InChI is InChI=1S/C14H14BrN3OS/c1-9-7-10(2)17-14(16-9)20-8-13(18-19)11-3-5-12(15)6-4-11/h3-7,19H,8H2,1-2H3/b18-13+. The third-order valence-corrected chi connectivity index (χ3v) is 3.99. The van der Waals surface area contributed by atoms with E-state index >= 15 is 0 Å². The molecule has 0 aliphatic heterocycles. The van der Waals surface area contributed by atoms with Crippen molar-refractivity contribution in [2.24, 2.45) is 5.16 Å². The number of nitrogens with zero attached hydrogens (tertiary/aromatic N) is 3. The maximum Gasteiger partial charge on any atom is 0.188 e. The molecule has 1 heterocycles. The first-order valence-electron chi connectivity index (χ1n) is 6.00. The van der Waals surface area contributed by atoms with Crippen molar-refractivity contribution < 1.29 is 5.21 Å². The van der Waals surface area contributed by atoms with E-state index in [-0.39, 0.29) is 0 Å². The highest BCUT2D eigenvalue weighted by Crippen LogP contribution is 2.18. The Kier molecular flexibility index (Phi) is 5.14. The van der Waals surface area contributed by atoms with Gasteiger partial charge in [-0.25, -0.2) is 9.97 Å². The molecule has 0 atom stereocenters. The molecule has 6 heteroatoms. The first-order valence-corrected chi connectivity index (χ1v) is 7.78. The molecule has 0 saturated heterocycles. The van der Waals surface area contributed by atoms with Crippen LogP contribution in [-0.2, 0) is 0 Å². The molecule has 4 nitrogen and oxygen atoms in total. The molecule has 0 aliphatic rings. The van der Waals surface area contributed by atoms with Gasteiger partial charge < -0.3 is 5.21 Å². The van der Waals surface area contributed by atoms with Crippen molar-refractivity contribution in [1.29, 1.82) is 0 Å². The number of thioether (sulfide) groups is 1. The van der Waals surface area contributed by atoms with Crippen LogP contribution in [0.1, 0.15) is 17.0 Å². The van der Waals surface area contributed by atoms with Gasteiger partial charge in [-0.15, -0.1) is 0 Å². The van der Waals surface area contributed by atoms with Crippen LogP contribution in [0.25, 0.3) is 0 Å². The van der Waals surface area contributed by atoms with Crippen LogP contribution in [0.2, 0.25) is 0 Å². The SMILES string of the molecule is Cc1cc(C)nc(SC/C(=N\O)c2ccc(Br)cc2)n1. The number of oxime groups is 1. The maximum atomic E-state index is 9.16. The van der Waals surface area contributed by atoms with Crippen molar-refractivity contribution in [3.8, 4) is 0 Å². The summed E-state index contributed by atoms with van der Waals surface area (Å²) in [6, 6.07) is 9.57.